The maximum Gasteiger partial charge on any atom is 0.231 e. The van der Waals surface area contributed by atoms with Crippen molar-refractivity contribution in [2.24, 2.45) is 0 Å². The molecule has 4 aromatic rings. The molecule has 2 N–H and O–H groups in total. The first-order valence-electron chi connectivity index (χ1n) is 5.91. The van der Waals surface area contributed by atoms with Crippen LogP contribution in [0.2, 0.25) is 0 Å². The summed E-state index contributed by atoms with van der Waals surface area (Å²) in [6, 6.07) is 11.4. The second-order valence-corrected chi connectivity index (χ2v) is 4.30. The van der Waals surface area contributed by atoms with E-state index >= 15 is 0 Å². The highest BCUT2D eigenvalue weighted by molar-refractivity contribution is 5.88. The molecule has 0 saturated heterocycles. The molecule has 19 heavy (non-hydrogen) atoms. The largest absolute Gasteiger partial charge is 0.436 e. The number of nitrogen functional groups attached to an aromatic ring is 1. The fraction of sp³-hybridized carbons (Fsp3) is 0. The lowest BCUT2D eigenvalue weighted by Gasteiger charge is -1.92. The van der Waals surface area contributed by atoms with E-state index in [1.165, 1.54) is 0 Å². The van der Waals surface area contributed by atoms with E-state index in [2.05, 4.69) is 10.1 Å². The van der Waals surface area contributed by atoms with Crippen LogP contribution < -0.4 is 5.73 Å². The summed E-state index contributed by atoms with van der Waals surface area (Å²) < 4.78 is 7.54. The van der Waals surface area contributed by atoms with Gasteiger partial charge in [-0.1, -0.05) is 12.1 Å². The molecular formula is C14H10N4O. The molecule has 0 atom stereocenters. The number of oxazole rings is 1. The lowest BCUT2D eigenvalue weighted by atomic mass is 10.2. The van der Waals surface area contributed by atoms with Crippen LogP contribution in [-0.2, 0) is 0 Å². The van der Waals surface area contributed by atoms with Crippen molar-refractivity contribution in [1.82, 2.24) is 14.6 Å². The van der Waals surface area contributed by atoms with Crippen molar-refractivity contribution in [3.8, 4) is 11.5 Å². The van der Waals surface area contributed by atoms with Crippen LogP contribution in [0.1, 0.15) is 0 Å². The van der Waals surface area contributed by atoms with Crippen molar-refractivity contribution in [3.05, 3.63) is 48.8 Å². The number of anilines is 1. The summed E-state index contributed by atoms with van der Waals surface area (Å²) in [4.78, 5) is 4.46. The zero-order chi connectivity index (χ0) is 12.8. The number of hydrogen-bond acceptors (Lipinski definition) is 4. The molecule has 4 rings (SSSR count). The van der Waals surface area contributed by atoms with Crippen molar-refractivity contribution >= 4 is 22.3 Å². The number of nitrogens with two attached hydrogens (primary N) is 1. The van der Waals surface area contributed by atoms with E-state index in [-0.39, 0.29) is 0 Å². The Bertz CT molecular complexity index is 891. The van der Waals surface area contributed by atoms with E-state index in [9.17, 15) is 0 Å². The van der Waals surface area contributed by atoms with E-state index in [4.69, 9.17) is 10.2 Å². The number of aromatic nitrogens is 3. The van der Waals surface area contributed by atoms with Gasteiger partial charge in [-0.2, -0.15) is 5.10 Å². The molecule has 0 unspecified atom stereocenters. The zero-order valence-corrected chi connectivity index (χ0v) is 9.95. The van der Waals surface area contributed by atoms with Gasteiger partial charge in [0, 0.05) is 6.20 Å². The van der Waals surface area contributed by atoms with Crippen LogP contribution in [0.4, 0.5) is 5.69 Å². The molecule has 0 bridgehead atoms. The highest BCUT2D eigenvalue weighted by atomic mass is 16.3. The highest BCUT2D eigenvalue weighted by Crippen LogP contribution is 2.29. The van der Waals surface area contributed by atoms with E-state index in [1.807, 2.05) is 42.6 Å². The predicted octanol–water partition coefficient (Wildman–Crippen LogP) is 2.72. The average molecular weight is 250 g/mol. The molecule has 92 valence electrons. The van der Waals surface area contributed by atoms with Gasteiger partial charge in [-0.3, -0.25) is 0 Å². The summed E-state index contributed by atoms with van der Waals surface area (Å²) in [6.07, 6.45) is 3.63. The molecule has 0 amide bonds. The van der Waals surface area contributed by atoms with Crippen molar-refractivity contribution in [2.75, 3.05) is 5.73 Å². The molecule has 0 aliphatic heterocycles. The molecule has 5 nitrogen and oxygen atoms in total. The fourth-order valence-electron chi connectivity index (χ4n) is 2.18. The Hall–Kier alpha value is -2.82. The maximum atomic E-state index is 5.89. The molecule has 0 aliphatic rings. The van der Waals surface area contributed by atoms with Crippen molar-refractivity contribution < 1.29 is 4.42 Å². The third kappa shape index (κ3) is 1.41. The first-order chi connectivity index (χ1) is 9.33. The van der Waals surface area contributed by atoms with Gasteiger partial charge in [-0.25, -0.2) is 9.50 Å². The van der Waals surface area contributed by atoms with Crippen LogP contribution in [0.15, 0.2) is 53.2 Å². The Balaban J connectivity index is 2.02. The smallest absolute Gasteiger partial charge is 0.231 e. The molecule has 0 radical (unpaired) electrons. The third-order valence-electron chi connectivity index (χ3n) is 3.11. The van der Waals surface area contributed by atoms with Gasteiger partial charge in [-0.15, -0.1) is 0 Å². The van der Waals surface area contributed by atoms with Gasteiger partial charge in [0.25, 0.3) is 0 Å². The Kier molecular flexibility index (Phi) is 1.91. The number of fused-ring (bicyclic) bond motifs is 2. The number of benzene rings is 1. The maximum absolute atomic E-state index is 5.89. The van der Waals surface area contributed by atoms with Gasteiger partial charge in [0.1, 0.15) is 5.52 Å². The summed E-state index contributed by atoms with van der Waals surface area (Å²) in [5.74, 6) is 0.536. The van der Waals surface area contributed by atoms with Gasteiger partial charge in [0.05, 0.1) is 23.0 Å². The quantitative estimate of drug-likeness (QED) is 0.527. The van der Waals surface area contributed by atoms with E-state index in [0.29, 0.717) is 22.7 Å². The Morgan fingerprint density at radius 1 is 1.11 bits per heavy atom. The zero-order valence-electron chi connectivity index (χ0n) is 9.95. The van der Waals surface area contributed by atoms with Crippen LogP contribution in [-0.4, -0.2) is 14.6 Å². The summed E-state index contributed by atoms with van der Waals surface area (Å²) in [6.45, 7) is 0. The Labute approximate surface area is 108 Å². The fourth-order valence-corrected chi connectivity index (χ4v) is 2.18. The lowest BCUT2D eigenvalue weighted by Crippen LogP contribution is -1.85. The van der Waals surface area contributed by atoms with Crippen LogP contribution in [0.25, 0.3) is 28.1 Å². The summed E-state index contributed by atoms with van der Waals surface area (Å²) >= 11 is 0. The summed E-state index contributed by atoms with van der Waals surface area (Å²) in [5.41, 5.74) is 9.69. The second kappa shape index (κ2) is 3.58. The summed E-state index contributed by atoms with van der Waals surface area (Å²) in [5, 5.41) is 4.27. The molecule has 3 aromatic heterocycles. The molecule has 0 fully saturated rings. The van der Waals surface area contributed by atoms with E-state index < -0.39 is 0 Å². The first kappa shape index (κ1) is 10.1. The number of nitrogens with zero attached hydrogens (tertiary/aromatic N) is 3. The van der Waals surface area contributed by atoms with Gasteiger partial charge in [0.2, 0.25) is 5.89 Å². The minimum atomic E-state index is 0.536. The molecule has 0 saturated carbocycles. The average Bonchev–Trinajstić information content (AvgIpc) is 3.02. The molecule has 3 heterocycles. The van der Waals surface area contributed by atoms with Crippen molar-refractivity contribution in [2.45, 2.75) is 0 Å². The minimum absolute atomic E-state index is 0.536. The minimum Gasteiger partial charge on any atom is -0.436 e. The number of rotatable bonds is 1. The van der Waals surface area contributed by atoms with Gasteiger partial charge < -0.3 is 10.2 Å². The predicted molar refractivity (Wildman–Crippen MR) is 72.6 cm³/mol. The topological polar surface area (TPSA) is 69.3 Å². The third-order valence-corrected chi connectivity index (χ3v) is 3.11. The monoisotopic (exact) mass is 250 g/mol. The van der Waals surface area contributed by atoms with Crippen LogP contribution in [0.5, 0.6) is 0 Å². The number of para-hydroxylation sites is 1. The normalized spacial score (nSPS) is 11.4. The molecule has 5 heteroatoms. The standard InChI is InChI=1S/C14H10N4O/c15-10-4-3-6-12-13(10)17-14(19-12)9-8-16-18-7-2-1-5-11(9)18/h1-8H,15H2. The molecule has 1 aromatic carbocycles. The van der Waals surface area contributed by atoms with Crippen molar-refractivity contribution in [3.63, 3.8) is 0 Å². The number of pyridine rings is 1. The lowest BCUT2D eigenvalue weighted by molar-refractivity contribution is 0.620. The summed E-state index contributed by atoms with van der Waals surface area (Å²) in [7, 11) is 0. The van der Waals surface area contributed by atoms with Gasteiger partial charge >= 0.3 is 0 Å². The highest BCUT2D eigenvalue weighted by Gasteiger charge is 2.14. The Morgan fingerprint density at radius 3 is 2.95 bits per heavy atom. The Morgan fingerprint density at radius 2 is 2.05 bits per heavy atom. The van der Waals surface area contributed by atoms with Gasteiger partial charge in [0.15, 0.2) is 5.58 Å². The van der Waals surface area contributed by atoms with Crippen LogP contribution in [0, 0.1) is 0 Å². The molecular weight excluding hydrogens is 240 g/mol. The van der Waals surface area contributed by atoms with Crippen LogP contribution >= 0.6 is 0 Å². The van der Waals surface area contributed by atoms with Crippen molar-refractivity contribution in [1.29, 1.82) is 0 Å². The van der Waals surface area contributed by atoms with E-state index in [0.717, 1.165) is 11.1 Å². The second-order valence-electron chi connectivity index (χ2n) is 4.30. The van der Waals surface area contributed by atoms with Gasteiger partial charge in [-0.05, 0) is 24.3 Å². The molecule has 0 spiro atoms. The van der Waals surface area contributed by atoms with E-state index in [1.54, 1.807) is 10.7 Å². The molecule has 0 aliphatic carbocycles. The SMILES string of the molecule is Nc1cccc2oc(-c3cnn4ccccc34)nc12. The van der Waals surface area contributed by atoms with Crippen LogP contribution in [0.3, 0.4) is 0 Å². The first-order valence-corrected chi connectivity index (χ1v) is 5.91. The number of hydrogen-bond donors (Lipinski definition) is 1.